The Morgan fingerprint density at radius 3 is 2.49 bits per heavy atom. The predicted octanol–water partition coefficient (Wildman–Crippen LogP) is 3.87. The number of imide groups is 1. The van der Waals surface area contributed by atoms with Crippen LogP contribution in [0.25, 0.3) is 11.1 Å². The zero-order chi connectivity index (χ0) is 28.2. The maximum atomic E-state index is 13.6. The lowest BCUT2D eigenvalue weighted by Crippen LogP contribution is -2.52. The SMILES string of the molecule is O=C1CCC(N2Cc3cc(C(=O)N4C[C@@H]5C[C@H]4CN5Cc4ccccc4-c4ccc(Cl)cc4)ccc3C2=O)C(=O)N1. The van der Waals surface area contributed by atoms with Crippen molar-refractivity contribution in [1.29, 1.82) is 0 Å². The van der Waals surface area contributed by atoms with Gasteiger partial charge < -0.3 is 9.80 Å². The van der Waals surface area contributed by atoms with Crippen LogP contribution in [0.2, 0.25) is 5.02 Å². The van der Waals surface area contributed by atoms with Crippen molar-refractivity contribution in [3.8, 4) is 11.1 Å². The van der Waals surface area contributed by atoms with Crippen LogP contribution in [0, 0.1) is 0 Å². The summed E-state index contributed by atoms with van der Waals surface area (Å²) in [5, 5.41) is 3.04. The molecule has 3 aromatic carbocycles. The summed E-state index contributed by atoms with van der Waals surface area (Å²) in [7, 11) is 0. The van der Waals surface area contributed by atoms with Gasteiger partial charge in [0.1, 0.15) is 6.04 Å². The van der Waals surface area contributed by atoms with Crippen LogP contribution in [-0.4, -0.2) is 69.5 Å². The number of amides is 4. The normalized spacial score (nSPS) is 23.7. The molecule has 0 aliphatic carbocycles. The molecule has 4 heterocycles. The van der Waals surface area contributed by atoms with E-state index in [0.717, 1.165) is 35.7 Å². The molecule has 3 atom stereocenters. The molecule has 8 nitrogen and oxygen atoms in total. The third kappa shape index (κ3) is 4.61. The van der Waals surface area contributed by atoms with Gasteiger partial charge in [0.25, 0.3) is 11.8 Å². The number of piperidine rings is 1. The molecule has 4 aliphatic rings. The van der Waals surface area contributed by atoms with E-state index in [1.165, 1.54) is 16.0 Å². The van der Waals surface area contributed by atoms with E-state index in [1.807, 2.05) is 29.2 Å². The van der Waals surface area contributed by atoms with Crippen molar-refractivity contribution in [3.05, 3.63) is 94.0 Å². The van der Waals surface area contributed by atoms with Crippen LogP contribution < -0.4 is 5.32 Å². The number of nitrogens with zero attached hydrogens (tertiary/aromatic N) is 3. The van der Waals surface area contributed by atoms with Gasteiger partial charge in [-0.2, -0.15) is 0 Å². The highest BCUT2D eigenvalue weighted by Crippen LogP contribution is 2.36. The highest BCUT2D eigenvalue weighted by molar-refractivity contribution is 6.30. The molecule has 0 aromatic heterocycles. The second kappa shape index (κ2) is 10.1. The number of fused-ring (bicyclic) bond motifs is 3. The molecule has 3 saturated heterocycles. The summed E-state index contributed by atoms with van der Waals surface area (Å²) in [6, 6.07) is 21.3. The average Bonchev–Trinajstić information content (AvgIpc) is 3.66. The first-order valence-corrected chi connectivity index (χ1v) is 14.4. The van der Waals surface area contributed by atoms with Crippen LogP contribution >= 0.6 is 11.6 Å². The first-order valence-electron chi connectivity index (χ1n) is 14.0. The zero-order valence-corrected chi connectivity index (χ0v) is 23.1. The molecule has 2 bridgehead atoms. The molecule has 4 aliphatic heterocycles. The summed E-state index contributed by atoms with van der Waals surface area (Å²) in [4.78, 5) is 56.5. The molecule has 7 rings (SSSR count). The molecule has 0 spiro atoms. The fourth-order valence-electron chi connectivity index (χ4n) is 6.85. The average molecular weight is 569 g/mol. The van der Waals surface area contributed by atoms with Crippen molar-refractivity contribution < 1.29 is 19.2 Å². The van der Waals surface area contributed by atoms with E-state index in [2.05, 4.69) is 34.5 Å². The van der Waals surface area contributed by atoms with E-state index in [0.29, 0.717) is 30.1 Å². The number of hydrogen-bond acceptors (Lipinski definition) is 5. The molecule has 3 aromatic rings. The number of likely N-dealkylation sites (tertiary alicyclic amines) is 2. The van der Waals surface area contributed by atoms with Crippen molar-refractivity contribution in [2.75, 3.05) is 13.1 Å². The minimum atomic E-state index is -0.670. The van der Waals surface area contributed by atoms with Crippen LogP contribution in [0.5, 0.6) is 0 Å². The van der Waals surface area contributed by atoms with Crippen molar-refractivity contribution in [1.82, 2.24) is 20.0 Å². The highest BCUT2D eigenvalue weighted by atomic mass is 35.5. The summed E-state index contributed by atoms with van der Waals surface area (Å²) >= 11 is 6.10. The van der Waals surface area contributed by atoms with Gasteiger partial charge in [0, 0.05) is 60.8 Å². The lowest BCUT2D eigenvalue weighted by Gasteiger charge is -2.34. The summed E-state index contributed by atoms with van der Waals surface area (Å²) in [5.74, 6) is -1.00. The Labute approximate surface area is 242 Å². The first kappa shape index (κ1) is 25.9. The predicted molar refractivity (Wildman–Crippen MR) is 153 cm³/mol. The number of rotatable bonds is 5. The van der Waals surface area contributed by atoms with Crippen molar-refractivity contribution in [3.63, 3.8) is 0 Å². The maximum absolute atomic E-state index is 13.6. The van der Waals surface area contributed by atoms with Gasteiger partial charge >= 0.3 is 0 Å². The van der Waals surface area contributed by atoms with Gasteiger partial charge in [-0.3, -0.25) is 29.4 Å². The standard InChI is InChI=1S/C32H29ClN4O4/c33-23-8-5-19(6-9-23)26-4-2-1-3-21(26)15-35-17-25-14-24(35)18-36(25)31(40)20-7-10-27-22(13-20)16-37(32(27)41)28-11-12-29(38)34-30(28)39/h1-10,13,24-25,28H,11-12,14-18H2,(H,34,38,39)/t24-,25-,28?/m0/s1. The first-order chi connectivity index (χ1) is 19.9. The van der Waals surface area contributed by atoms with Gasteiger partial charge in [-0.25, -0.2) is 0 Å². The van der Waals surface area contributed by atoms with E-state index in [1.54, 1.807) is 18.2 Å². The molecule has 0 radical (unpaired) electrons. The van der Waals surface area contributed by atoms with Gasteiger partial charge in [0.05, 0.1) is 0 Å². The van der Waals surface area contributed by atoms with Gasteiger partial charge in [0.15, 0.2) is 0 Å². The van der Waals surface area contributed by atoms with Gasteiger partial charge in [-0.1, -0.05) is 48.0 Å². The summed E-state index contributed by atoms with van der Waals surface area (Å²) in [6.07, 6.45) is 1.47. The molecule has 1 N–H and O–H groups in total. The topological polar surface area (TPSA) is 90.0 Å². The van der Waals surface area contributed by atoms with E-state index in [9.17, 15) is 19.2 Å². The molecule has 4 amide bonds. The van der Waals surface area contributed by atoms with Crippen LogP contribution in [0.3, 0.4) is 0 Å². The molecule has 9 heteroatoms. The van der Waals surface area contributed by atoms with E-state index >= 15 is 0 Å². The molecule has 208 valence electrons. The quantitative estimate of drug-likeness (QED) is 0.472. The number of benzene rings is 3. The Kier molecular flexibility index (Phi) is 6.40. The van der Waals surface area contributed by atoms with Crippen molar-refractivity contribution in [2.24, 2.45) is 0 Å². The van der Waals surface area contributed by atoms with E-state index in [4.69, 9.17) is 11.6 Å². The third-order valence-corrected chi connectivity index (χ3v) is 9.18. The molecular weight excluding hydrogens is 540 g/mol. The lowest BCUT2D eigenvalue weighted by molar-refractivity contribution is -0.136. The smallest absolute Gasteiger partial charge is 0.255 e. The van der Waals surface area contributed by atoms with Crippen LogP contribution in [0.1, 0.15) is 51.1 Å². The number of nitrogens with one attached hydrogen (secondary N) is 1. The Bertz CT molecular complexity index is 1590. The van der Waals surface area contributed by atoms with Crippen molar-refractivity contribution >= 4 is 35.2 Å². The zero-order valence-electron chi connectivity index (χ0n) is 22.4. The monoisotopic (exact) mass is 568 g/mol. The second-order valence-electron chi connectivity index (χ2n) is 11.4. The Balaban J connectivity index is 1.03. The van der Waals surface area contributed by atoms with Crippen LogP contribution in [0.15, 0.2) is 66.7 Å². The minimum absolute atomic E-state index is 0.0200. The Morgan fingerprint density at radius 1 is 0.927 bits per heavy atom. The summed E-state index contributed by atoms with van der Waals surface area (Å²) in [6.45, 7) is 2.57. The summed E-state index contributed by atoms with van der Waals surface area (Å²) < 4.78 is 0. The third-order valence-electron chi connectivity index (χ3n) is 8.93. The maximum Gasteiger partial charge on any atom is 0.255 e. The fraction of sp³-hybridized carbons (Fsp3) is 0.312. The van der Waals surface area contributed by atoms with Gasteiger partial charge in [-0.15, -0.1) is 0 Å². The van der Waals surface area contributed by atoms with E-state index < -0.39 is 11.9 Å². The van der Waals surface area contributed by atoms with Crippen LogP contribution in [0.4, 0.5) is 0 Å². The van der Waals surface area contributed by atoms with Gasteiger partial charge in [-0.05, 0) is 65.4 Å². The lowest BCUT2D eigenvalue weighted by atomic mass is 9.99. The molecule has 1 unspecified atom stereocenters. The minimum Gasteiger partial charge on any atom is -0.333 e. The highest BCUT2D eigenvalue weighted by Gasteiger charge is 2.46. The Morgan fingerprint density at radius 2 is 1.73 bits per heavy atom. The number of hydrogen-bond donors (Lipinski definition) is 1. The number of carbonyl (C=O) groups is 4. The molecule has 3 fully saturated rings. The Hall–Kier alpha value is -4.01. The second-order valence-corrected chi connectivity index (χ2v) is 11.8. The molecule has 41 heavy (non-hydrogen) atoms. The fourth-order valence-corrected chi connectivity index (χ4v) is 6.98. The number of piperazine rings is 1. The van der Waals surface area contributed by atoms with Crippen LogP contribution in [-0.2, 0) is 22.7 Å². The van der Waals surface area contributed by atoms with Crippen molar-refractivity contribution in [2.45, 2.75) is 50.5 Å². The summed E-state index contributed by atoms with van der Waals surface area (Å²) in [5.41, 5.74) is 5.41. The van der Waals surface area contributed by atoms with E-state index in [-0.39, 0.29) is 36.7 Å². The number of halogens is 1. The molecule has 0 saturated carbocycles. The van der Waals surface area contributed by atoms with Gasteiger partial charge in [0.2, 0.25) is 11.8 Å². The number of carbonyl (C=O) groups excluding carboxylic acids is 4. The molecular formula is C32H29ClN4O4. The largest absolute Gasteiger partial charge is 0.333 e.